The number of hydrazone groups is 1. The van der Waals surface area contributed by atoms with Gasteiger partial charge in [-0.1, -0.05) is 12.1 Å². The number of nitrogens with zero attached hydrogens (tertiary/aromatic N) is 2. The number of hydrogen-bond acceptors (Lipinski definition) is 6. The van der Waals surface area contributed by atoms with Crippen molar-refractivity contribution in [2.45, 2.75) is 0 Å². The minimum Gasteiger partial charge on any atom is -0.481 e. The molecule has 0 aliphatic carbocycles. The van der Waals surface area contributed by atoms with Crippen LogP contribution in [0, 0.1) is 15.9 Å². The first-order valence-corrected chi connectivity index (χ1v) is 8.07. The zero-order valence-electron chi connectivity index (χ0n) is 14.4. The molecule has 28 heavy (non-hydrogen) atoms. The molecule has 0 saturated carbocycles. The van der Waals surface area contributed by atoms with Crippen molar-refractivity contribution >= 4 is 17.8 Å². The maximum absolute atomic E-state index is 13.4. The van der Waals surface area contributed by atoms with Gasteiger partial charge >= 0.3 is 0 Å². The highest BCUT2D eigenvalue weighted by atomic mass is 19.1. The number of rotatable bonds is 7. The molecule has 2 aromatic carbocycles. The Morgan fingerprint density at radius 3 is 2.64 bits per heavy atom. The number of amides is 1. The van der Waals surface area contributed by atoms with Gasteiger partial charge in [0.25, 0.3) is 11.6 Å². The maximum atomic E-state index is 13.4. The molecule has 0 bridgehead atoms. The van der Waals surface area contributed by atoms with Gasteiger partial charge in [-0.15, -0.1) is 0 Å². The van der Waals surface area contributed by atoms with Crippen LogP contribution in [0.5, 0.6) is 5.75 Å². The van der Waals surface area contributed by atoms with Crippen LogP contribution in [0.15, 0.2) is 70.2 Å². The van der Waals surface area contributed by atoms with Gasteiger partial charge in [-0.2, -0.15) is 5.10 Å². The van der Waals surface area contributed by atoms with Crippen LogP contribution in [0.4, 0.5) is 10.1 Å². The highest BCUT2D eigenvalue weighted by molar-refractivity contribution is 5.81. The lowest BCUT2D eigenvalue weighted by molar-refractivity contribution is -0.384. The van der Waals surface area contributed by atoms with E-state index in [2.05, 4.69) is 10.5 Å². The van der Waals surface area contributed by atoms with Gasteiger partial charge in [-0.25, -0.2) is 9.82 Å². The van der Waals surface area contributed by atoms with E-state index in [-0.39, 0.29) is 11.4 Å². The standard InChI is InChI=1S/C19H14FN3O5/c20-16-3-1-2-4-18(16)27-12-19(24)22-21-11-15-9-10-17(28-15)13-5-7-14(8-6-13)23(25)26/h1-11H,12H2,(H,22,24)/b21-11+. The molecular weight excluding hydrogens is 369 g/mol. The van der Waals surface area contributed by atoms with Crippen LogP contribution in [0.25, 0.3) is 11.3 Å². The summed E-state index contributed by atoms with van der Waals surface area (Å²) in [5.41, 5.74) is 2.88. The first kappa shape index (κ1) is 18.8. The van der Waals surface area contributed by atoms with E-state index in [9.17, 15) is 19.3 Å². The highest BCUT2D eigenvalue weighted by Gasteiger charge is 2.08. The lowest BCUT2D eigenvalue weighted by Crippen LogP contribution is -2.24. The van der Waals surface area contributed by atoms with Gasteiger partial charge in [-0.3, -0.25) is 14.9 Å². The van der Waals surface area contributed by atoms with Crippen molar-refractivity contribution in [2.24, 2.45) is 5.10 Å². The molecule has 0 radical (unpaired) electrons. The van der Waals surface area contributed by atoms with Crippen molar-refractivity contribution in [1.82, 2.24) is 5.43 Å². The Hall–Kier alpha value is -4.01. The molecule has 3 rings (SSSR count). The number of halogens is 1. The summed E-state index contributed by atoms with van der Waals surface area (Å²) in [5.74, 6) is -0.301. The van der Waals surface area contributed by atoms with E-state index in [1.807, 2.05) is 0 Å². The third-order valence-electron chi connectivity index (χ3n) is 3.57. The average Bonchev–Trinajstić information content (AvgIpc) is 3.16. The molecule has 8 nitrogen and oxygen atoms in total. The molecule has 0 spiro atoms. The first-order valence-electron chi connectivity index (χ1n) is 8.07. The van der Waals surface area contributed by atoms with Gasteiger partial charge in [0, 0.05) is 17.7 Å². The van der Waals surface area contributed by atoms with Gasteiger partial charge in [0.15, 0.2) is 18.2 Å². The van der Waals surface area contributed by atoms with Crippen LogP contribution >= 0.6 is 0 Å². The highest BCUT2D eigenvalue weighted by Crippen LogP contribution is 2.24. The van der Waals surface area contributed by atoms with Gasteiger partial charge in [0.1, 0.15) is 11.5 Å². The summed E-state index contributed by atoms with van der Waals surface area (Å²) < 4.78 is 24.0. The van der Waals surface area contributed by atoms with E-state index in [0.717, 1.165) is 0 Å². The molecule has 1 heterocycles. The number of nitro benzene ring substituents is 1. The summed E-state index contributed by atoms with van der Waals surface area (Å²) in [6.45, 7) is -0.398. The second-order valence-corrected chi connectivity index (χ2v) is 5.52. The predicted octanol–water partition coefficient (Wildman–Crippen LogP) is 3.52. The summed E-state index contributed by atoms with van der Waals surface area (Å²) in [4.78, 5) is 21.9. The van der Waals surface area contributed by atoms with Gasteiger partial charge in [-0.05, 0) is 36.4 Å². The van der Waals surface area contributed by atoms with E-state index in [0.29, 0.717) is 17.1 Å². The number of furan rings is 1. The van der Waals surface area contributed by atoms with E-state index in [1.54, 1.807) is 30.3 Å². The van der Waals surface area contributed by atoms with Gasteiger partial charge < -0.3 is 9.15 Å². The van der Waals surface area contributed by atoms with Gasteiger partial charge in [0.05, 0.1) is 11.1 Å². The van der Waals surface area contributed by atoms with Crippen molar-refractivity contribution in [2.75, 3.05) is 6.61 Å². The largest absolute Gasteiger partial charge is 0.481 e. The average molecular weight is 383 g/mol. The molecule has 1 N–H and O–H groups in total. The van der Waals surface area contributed by atoms with Crippen LogP contribution in [0.1, 0.15) is 5.76 Å². The molecule has 0 fully saturated rings. The molecule has 1 amide bonds. The molecule has 0 atom stereocenters. The van der Waals surface area contributed by atoms with Crippen molar-refractivity contribution in [3.05, 3.63) is 82.4 Å². The number of benzene rings is 2. The second-order valence-electron chi connectivity index (χ2n) is 5.52. The van der Waals surface area contributed by atoms with Crippen LogP contribution in [0.3, 0.4) is 0 Å². The molecule has 9 heteroatoms. The predicted molar refractivity (Wildman–Crippen MR) is 98.4 cm³/mol. The minimum atomic E-state index is -0.568. The lowest BCUT2D eigenvalue weighted by Gasteiger charge is -2.05. The Balaban J connectivity index is 1.53. The molecule has 0 aliphatic rings. The molecule has 0 unspecified atom stereocenters. The zero-order valence-corrected chi connectivity index (χ0v) is 14.4. The number of nitro groups is 1. The number of carbonyl (C=O) groups excluding carboxylic acids is 1. The van der Waals surface area contributed by atoms with Crippen LogP contribution in [0.2, 0.25) is 0 Å². The second kappa shape index (κ2) is 8.58. The maximum Gasteiger partial charge on any atom is 0.277 e. The van der Waals surface area contributed by atoms with Crippen molar-refractivity contribution < 1.29 is 23.3 Å². The number of carbonyl (C=O) groups is 1. The van der Waals surface area contributed by atoms with E-state index >= 15 is 0 Å². The molecule has 142 valence electrons. The monoisotopic (exact) mass is 383 g/mol. The van der Waals surface area contributed by atoms with Crippen LogP contribution < -0.4 is 10.2 Å². The summed E-state index contributed by atoms with van der Waals surface area (Å²) in [6, 6.07) is 14.9. The molecule has 1 aromatic heterocycles. The zero-order chi connectivity index (χ0) is 19.9. The Labute approximate surface area is 158 Å². The summed E-state index contributed by atoms with van der Waals surface area (Å²) in [5, 5.41) is 14.4. The smallest absolute Gasteiger partial charge is 0.277 e. The minimum absolute atomic E-state index is 0.0163. The third-order valence-corrected chi connectivity index (χ3v) is 3.57. The fraction of sp³-hybridized carbons (Fsp3) is 0.0526. The number of nitrogens with one attached hydrogen (secondary N) is 1. The number of para-hydroxylation sites is 1. The van der Waals surface area contributed by atoms with Gasteiger partial charge in [0.2, 0.25) is 0 Å². The van der Waals surface area contributed by atoms with Crippen LogP contribution in [-0.4, -0.2) is 23.7 Å². The normalized spacial score (nSPS) is 10.8. The van der Waals surface area contributed by atoms with Crippen molar-refractivity contribution in [3.8, 4) is 17.1 Å². The molecule has 3 aromatic rings. The number of hydrogen-bond donors (Lipinski definition) is 1. The van der Waals surface area contributed by atoms with Crippen LogP contribution in [-0.2, 0) is 4.79 Å². The fourth-order valence-electron chi connectivity index (χ4n) is 2.23. The fourth-order valence-corrected chi connectivity index (χ4v) is 2.23. The Morgan fingerprint density at radius 1 is 1.18 bits per heavy atom. The van der Waals surface area contributed by atoms with E-state index in [4.69, 9.17) is 9.15 Å². The Bertz CT molecular complexity index is 1010. The van der Waals surface area contributed by atoms with E-state index in [1.165, 1.54) is 36.5 Å². The topological polar surface area (TPSA) is 107 Å². The van der Waals surface area contributed by atoms with Crippen molar-refractivity contribution in [3.63, 3.8) is 0 Å². The SMILES string of the molecule is O=C(COc1ccccc1F)N/N=C/c1ccc(-c2ccc([N+](=O)[O-])cc2)o1. The molecular formula is C19H14FN3O5. The molecule has 0 saturated heterocycles. The lowest BCUT2D eigenvalue weighted by atomic mass is 10.1. The number of ether oxygens (including phenoxy) is 1. The summed E-state index contributed by atoms with van der Waals surface area (Å²) in [6.07, 6.45) is 1.29. The third kappa shape index (κ3) is 4.79. The number of non-ortho nitro benzene ring substituents is 1. The Morgan fingerprint density at radius 2 is 1.93 bits per heavy atom. The Kier molecular flexibility index (Phi) is 5.75. The molecule has 0 aliphatic heterocycles. The first-order chi connectivity index (χ1) is 13.5. The van der Waals surface area contributed by atoms with Crippen molar-refractivity contribution in [1.29, 1.82) is 0 Å². The summed E-state index contributed by atoms with van der Waals surface area (Å²) in [7, 11) is 0. The van der Waals surface area contributed by atoms with E-state index < -0.39 is 23.3 Å². The summed E-state index contributed by atoms with van der Waals surface area (Å²) >= 11 is 0. The quantitative estimate of drug-likeness (QED) is 0.382.